The van der Waals surface area contributed by atoms with E-state index >= 15 is 0 Å². The van der Waals surface area contributed by atoms with E-state index in [1.807, 2.05) is 31.2 Å². The van der Waals surface area contributed by atoms with Gasteiger partial charge in [0.25, 0.3) is 0 Å². The number of halogens is 1. The number of rotatable bonds is 7. The summed E-state index contributed by atoms with van der Waals surface area (Å²) in [5.41, 5.74) is 0.755. The van der Waals surface area contributed by atoms with Crippen molar-refractivity contribution in [3.8, 4) is 5.75 Å². The molecule has 0 aliphatic rings. The summed E-state index contributed by atoms with van der Waals surface area (Å²) < 4.78 is 5.75. The first-order valence-corrected chi connectivity index (χ1v) is 7.52. The molecule has 0 aromatic heterocycles. The maximum absolute atomic E-state index is 11.5. The van der Waals surface area contributed by atoms with Gasteiger partial charge in [0.1, 0.15) is 5.75 Å². The fraction of sp³-hybridized carbons (Fsp3) is 0.533. The van der Waals surface area contributed by atoms with Crippen LogP contribution in [0.2, 0.25) is 0 Å². The van der Waals surface area contributed by atoms with E-state index in [2.05, 4.69) is 29.8 Å². The summed E-state index contributed by atoms with van der Waals surface area (Å²) in [4.78, 5) is 11.5. The monoisotopic (exact) mass is 312 g/mol. The molecule has 0 fully saturated rings. The molecular formula is C15H21BrO2. The molecule has 0 saturated heterocycles. The molecule has 0 bridgehead atoms. The van der Waals surface area contributed by atoms with E-state index in [1.54, 1.807) is 0 Å². The van der Waals surface area contributed by atoms with Crippen LogP contribution in [0.25, 0.3) is 0 Å². The summed E-state index contributed by atoms with van der Waals surface area (Å²) in [6, 6.07) is 7.41. The molecule has 1 aromatic carbocycles. The first kappa shape index (κ1) is 15.2. The first-order valence-electron chi connectivity index (χ1n) is 6.40. The average molecular weight is 313 g/mol. The Morgan fingerprint density at radius 1 is 1.28 bits per heavy atom. The van der Waals surface area contributed by atoms with E-state index < -0.39 is 0 Å². The topological polar surface area (TPSA) is 26.3 Å². The standard InChI is InChI=1S/C15H21BrO2/c1-4-15(17)12-5-7-14(8-6-12)18-10-13(9-16)11(2)3/h5-8,11,13H,4,9-10H2,1-3H3. The summed E-state index contributed by atoms with van der Waals surface area (Å²) in [6.07, 6.45) is 0.541. The lowest BCUT2D eigenvalue weighted by atomic mass is 9.99. The Bertz CT molecular complexity index is 371. The molecule has 3 heteroatoms. The lowest BCUT2D eigenvalue weighted by molar-refractivity contribution is 0.0988. The summed E-state index contributed by atoms with van der Waals surface area (Å²) in [5, 5.41) is 0.942. The van der Waals surface area contributed by atoms with Crippen molar-refractivity contribution in [3.05, 3.63) is 29.8 Å². The molecule has 0 aliphatic carbocycles. The fourth-order valence-corrected chi connectivity index (χ4v) is 2.49. The molecule has 0 radical (unpaired) electrons. The van der Waals surface area contributed by atoms with Crippen molar-refractivity contribution in [3.63, 3.8) is 0 Å². The van der Waals surface area contributed by atoms with Gasteiger partial charge in [-0.2, -0.15) is 0 Å². The van der Waals surface area contributed by atoms with Crippen LogP contribution in [0.1, 0.15) is 37.6 Å². The highest BCUT2D eigenvalue weighted by atomic mass is 79.9. The Kier molecular flexibility index (Phi) is 6.41. The second-order valence-corrected chi connectivity index (χ2v) is 5.42. The van der Waals surface area contributed by atoms with Crippen molar-refractivity contribution < 1.29 is 9.53 Å². The molecule has 18 heavy (non-hydrogen) atoms. The second kappa shape index (κ2) is 7.57. The SMILES string of the molecule is CCC(=O)c1ccc(OCC(CBr)C(C)C)cc1. The van der Waals surface area contributed by atoms with Gasteiger partial charge in [-0.1, -0.05) is 36.7 Å². The Morgan fingerprint density at radius 3 is 2.33 bits per heavy atom. The summed E-state index contributed by atoms with van der Waals surface area (Å²) in [7, 11) is 0. The van der Waals surface area contributed by atoms with Crippen molar-refractivity contribution in [1.29, 1.82) is 0 Å². The number of ketones is 1. The normalized spacial score (nSPS) is 12.5. The summed E-state index contributed by atoms with van der Waals surface area (Å²) in [5.74, 6) is 2.09. The highest BCUT2D eigenvalue weighted by molar-refractivity contribution is 9.09. The van der Waals surface area contributed by atoms with Gasteiger partial charge in [0.2, 0.25) is 0 Å². The van der Waals surface area contributed by atoms with Crippen LogP contribution < -0.4 is 4.74 Å². The molecule has 2 nitrogen and oxygen atoms in total. The van der Waals surface area contributed by atoms with Crippen LogP contribution in [0, 0.1) is 11.8 Å². The highest BCUT2D eigenvalue weighted by Gasteiger charge is 2.12. The minimum atomic E-state index is 0.169. The fourth-order valence-electron chi connectivity index (χ4n) is 1.56. The number of carbonyl (C=O) groups excluding carboxylic acids is 1. The van der Waals surface area contributed by atoms with Crippen LogP contribution in [0.4, 0.5) is 0 Å². The molecule has 100 valence electrons. The lowest BCUT2D eigenvalue weighted by Crippen LogP contribution is -2.19. The van der Waals surface area contributed by atoms with Crippen LogP contribution in [0.15, 0.2) is 24.3 Å². The zero-order chi connectivity index (χ0) is 13.5. The summed E-state index contributed by atoms with van der Waals surface area (Å²) >= 11 is 3.51. The molecule has 1 aromatic rings. The number of benzene rings is 1. The Morgan fingerprint density at radius 2 is 1.89 bits per heavy atom. The van der Waals surface area contributed by atoms with Crippen molar-refractivity contribution in [2.45, 2.75) is 27.2 Å². The van der Waals surface area contributed by atoms with Crippen LogP contribution in [-0.4, -0.2) is 17.7 Å². The third-order valence-corrected chi connectivity index (χ3v) is 3.93. The van der Waals surface area contributed by atoms with Gasteiger partial charge in [0.05, 0.1) is 6.61 Å². The lowest BCUT2D eigenvalue weighted by Gasteiger charge is -2.18. The van der Waals surface area contributed by atoms with Crippen LogP contribution in [0.5, 0.6) is 5.75 Å². The molecular weight excluding hydrogens is 292 g/mol. The number of alkyl halides is 1. The average Bonchev–Trinajstić information content (AvgIpc) is 2.39. The van der Waals surface area contributed by atoms with Crippen molar-refractivity contribution in [2.75, 3.05) is 11.9 Å². The van der Waals surface area contributed by atoms with Gasteiger partial charge in [-0.3, -0.25) is 4.79 Å². The van der Waals surface area contributed by atoms with E-state index in [0.717, 1.165) is 16.6 Å². The maximum Gasteiger partial charge on any atom is 0.162 e. The predicted molar refractivity (Wildman–Crippen MR) is 78.7 cm³/mol. The van der Waals surface area contributed by atoms with Gasteiger partial charge in [0, 0.05) is 23.2 Å². The molecule has 0 amide bonds. The predicted octanol–water partition coefficient (Wildman–Crippen LogP) is 4.33. The zero-order valence-electron chi connectivity index (χ0n) is 11.3. The van der Waals surface area contributed by atoms with Crippen LogP contribution in [0.3, 0.4) is 0 Å². The molecule has 0 saturated carbocycles. The van der Waals surface area contributed by atoms with Crippen molar-refractivity contribution in [1.82, 2.24) is 0 Å². The number of ether oxygens (including phenoxy) is 1. The summed E-state index contributed by atoms with van der Waals surface area (Å²) in [6.45, 7) is 6.95. The van der Waals surface area contributed by atoms with Crippen molar-refractivity contribution >= 4 is 21.7 Å². The van der Waals surface area contributed by atoms with Crippen molar-refractivity contribution in [2.24, 2.45) is 11.8 Å². The number of Topliss-reactive ketones (excluding diaryl/α,β-unsaturated/α-hetero) is 1. The van der Waals surface area contributed by atoms with E-state index in [9.17, 15) is 4.79 Å². The van der Waals surface area contributed by atoms with Gasteiger partial charge in [0.15, 0.2) is 5.78 Å². The first-order chi connectivity index (χ1) is 8.58. The minimum absolute atomic E-state index is 0.169. The third-order valence-electron chi connectivity index (χ3n) is 3.10. The number of hydrogen-bond acceptors (Lipinski definition) is 2. The number of carbonyl (C=O) groups is 1. The molecule has 0 N–H and O–H groups in total. The van der Waals surface area contributed by atoms with Gasteiger partial charge in [-0.05, 0) is 30.2 Å². The molecule has 0 aliphatic heterocycles. The highest BCUT2D eigenvalue weighted by Crippen LogP contribution is 2.18. The van der Waals surface area contributed by atoms with Gasteiger partial charge in [-0.25, -0.2) is 0 Å². The van der Waals surface area contributed by atoms with Crippen LogP contribution in [-0.2, 0) is 0 Å². The van der Waals surface area contributed by atoms with Gasteiger partial charge in [-0.15, -0.1) is 0 Å². The molecule has 1 atom stereocenters. The van der Waals surface area contributed by atoms with Crippen LogP contribution >= 0.6 is 15.9 Å². The third kappa shape index (κ3) is 4.45. The Labute approximate surface area is 118 Å². The minimum Gasteiger partial charge on any atom is -0.493 e. The Balaban J connectivity index is 2.56. The maximum atomic E-state index is 11.5. The van der Waals surface area contributed by atoms with E-state index in [-0.39, 0.29) is 5.78 Å². The van der Waals surface area contributed by atoms with E-state index in [0.29, 0.717) is 24.9 Å². The molecule has 0 heterocycles. The van der Waals surface area contributed by atoms with E-state index in [4.69, 9.17) is 4.74 Å². The van der Waals surface area contributed by atoms with Gasteiger partial charge < -0.3 is 4.74 Å². The number of hydrogen-bond donors (Lipinski definition) is 0. The second-order valence-electron chi connectivity index (χ2n) is 4.77. The largest absolute Gasteiger partial charge is 0.493 e. The Hall–Kier alpha value is -0.830. The molecule has 1 rings (SSSR count). The molecule has 1 unspecified atom stereocenters. The van der Waals surface area contributed by atoms with E-state index in [1.165, 1.54) is 0 Å². The zero-order valence-corrected chi connectivity index (χ0v) is 12.9. The molecule has 0 spiro atoms. The quantitative estimate of drug-likeness (QED) is 0.553. The van der Waals surface area contributed by atoms with Gasteiger partial charge >= 0.3 is 0 Å². The smallest absolute Gasteiger partial charge is 0.162 e.